The van der Waals surface area contributed by atoms with Crippen molar-refractivity contribution in [1.29, 1.82) is 0 Å². The zero-order chi connectivity index (χ0) is 12.5. The van der Waals surface area contributed by atoms with E-state index < -0.39 is 5.97 Å². The summed E-state index contributed by atoms with van der Waals surface area (Å²) in [7, 11) is 0. The van der Waals surface area contributed by atoms with Crippen LogP contribution in [0.1, 0.15) is 36.7 Å². The minimum absolute atomic E-state index is 0.239. The number of hydrogen-bond acceptors (Lipinski definition) is 3. The molecule has 5 heteroatoms. The summed E-state index contributed by atoms with van der Waals surface area (Å²) in [5.41, 5.74) is 1.08. The van der Waals surface area contributed by atoms with Crippen LogP contribution in [-0.2, 0) is 22.5 Å². The SMILES string of the molecule is O=C(O)C1CCn2c(cnc2C2CCOCC2)C1. The Balaban J connectivity index is 1.81. The molecule has 1 unspecified atom stereocenters. The van der Waals surface area contributed by atoms with E-state index in [1.807, 2.05) is 6.20 Å². The van der Waals surface area contributed by atoms with Gasteiger partial charge in [0.15, 0.2) is 0 Å². The van der Waals surface area contributed by atoms with Gasteiger partial charge in [-0.2, -0.15) is 0 Å². The van der Waals surface area contributed by atoms with Gasteiger partial charge >= 0.3 is 5.97 Å². The Morgan fingerprint density at radius 1 is 1.39 bits per heavy atom. The van der Waals surface area contributed by atoms with Crippen molar-refractivity contribution in [2.45, 2.75) is 38.1 Å². The summed E-state index contributed by atoms with van der Waals surface area (Å²) in [6.07, 6.45) is 5.25. The highest BCUT2D eigenvalue weighted by Gasteiger charge is 2.29. The fourth-order valence-electron chi connectivity index (χ4n) is 2.98. The lowest BCUT2D eigenvalue weighted by Gasteiger charge is -2.26. The zero-order valence-corrected chi connectivity index (χ0v) is 10.3. The van der Waals surface area contributed by atoms with E-state index in [0.29, 0.717) is 12.3 Å². The van der Waals surface area contributed by atoms with Gasteiger partial charge in [-0.3, -0.25) is 4.79 Å². The molecule has 3 heterocycles. The van der Waals surface area contributed by atoms with Gasteiger partial charge < -0.3 is 14.4 Å². The lowest BCUT2D eigenvalue weighted by molar-refractivity contribution is -0.142. The first-order valence-corrected chi connectivity index (χ1v) is 6.60. The molecule has 0 radical (unpaired) electrons. The number of aromatic nitrogens is 2. The van der Waals surface area contributed by atoms with Crippen molar-refractivity contribution < 1.29 is 14.6 Å². The van der Waals surface area contributed by atoms with E-state index in [9.17, 15) is 4.79 Å². The Labute approximate surface area is 106 Å². The summed E-state index contributed by atoms with van der Waals surface area (Å²) >= 11 is 0. The van der Waals surface area contributed by atoms with Crippen molar-refractivity contribution >= 4 is 5.97 Å². The Bertz CT molecular complexity index is 449. The molecule has 1 aromatic heterocycles. The first-order valence-electron chi connectivity index (χ1n) is 6.60. The monoisotopic (exact) mass is 250 g/mol. The molecule has 2 aliphatic heterocycles. The van der Waals surface area contributed by atoms with Gasteiger partial charge in [0.25, 0.3) is 0 Å². The van der Waals surface area contributed by atoms with Gasteiger partial charge in [-0.1, -0.05) is 0 Å². The van der Waals surface area contributed by atoms with Crippen molar-refractivity contribution in [1.82, 2.24) is 9.55 Å². The minimum atomic E-state index is -0.685. The molecule has 98 valence electrons. The second kappa shape index (κ2) is 4.72. The Kier molecular flexibility index (Phi) is 3.07. The van der Waals surface area contributed by atoms with Crippen LogP contribution < -0.4 is 0 Å². The molecule has 1 fully saturated rings. The van der Waals surface area contributed by atoms with Crippen LogP contribution in [-0.4, -0.2) is 33.8 Å². The molecule has 0 amide bonds. The van der Waals surface area contributed by atoms with E-state index in [-0.39, 0.29) is 5.92 Å². The van der Waals surface area contributed by atoms with Crippen molar-refractivity contribution in [3.8, 4) is 0 Å². The average Bonchev–Trinajstić information content (AvgIpc) is 2.82. The maximum atomic E-state index is 11.0. The first kappa shape index (κ1) is 11.7. The molecule has 0 spiro atoms. The molecule has 0 saturated carbocycles. The third-order valence-corrected chi connectivity index (χ3v) is 4.06. The zero-order valence-electron chi connectivity index (χ0n) is 10.3. The second-order valence-corrected chi connectivity index (χ2v) is 5.17. The first-order chi connectivity index (χ1) is 8.75. The van der Waals surface area contributed by atoms with Crippen LogP contribution in [0.15, 0.2) is 6.20 Å². The van der Waals surface area contributed by atoms with Gasteiger partial charge in [0, 0.05) is 44.0 Å². The Morgan fingerprint density at radius 3 is 2.89 bits per heavy atom. The van der Waals surface area contributed by atoms with Crippen LogP contribution in [0.2, 0.25) is 0 Å². The van der Waals surface area contributed by atoms with E-state index >= 15 is 0 Å². The second-order valence-electron chi connectivity index (χ2n) is 5.17. The molecular weight excluding hydrogens is 232 g/mol. The maximum absolute atomic E-state index is 11.0. The quantitative estimate of drug-likeness (QED) is 0.862. The number of carbonyl (C=O) groups is 1. The molecule has 1 aromatic rings. The highest BCUT2D eigenvalue weighted by atomic mass is 16.5. The number of ether oxygens (including phenoxy) is 1. The summed E-state index contributed by atoms with van der Waals surface area (Å²) < 4.78 is 7.61. The van der Waals surface area contributed by atoms with E-state index in [0.717, 1.165) is 50.5 Å². The molecule has 5 nitrogen and oxygen atoms in total. The van der Waals surface area contributed by atoms with Gasteiger partial charge in [0.05, 0.1) is 5.92 Å². The number of imidazole rings is 1. The molecule has 0 bridgehead atoms. The van der Waals surface area contributed by atoms with Crippen LogP contribution in [0.25, 0.3) is 0 Å². The van der Waals surface area contributed by atoms with Gasteiger partial charge in [0.1, 0.15) is 5.82 Å². The van der Waals surface area contributed by atoms with Crippen LogP contribution >= 0.6 is 0 Å². The predicted molar refractivity (Wildman–Crippen MR) is 64.5 cm³/mol. The summed E-state index contributed by atoms with van der Waals surface area (Å²) in [4.78, 5) is 15.6. The van der Waals surface area contributed by atoms with E-state index in [4.69, 9.17) is 9.84 Å². The standard InChI is InChI=1S/C13H18N2O3/c16-13(17)10-1-4-15-11(7-10)8-14-12(15)9-2-5-18-6-3-9/h8-10H,1-7H2,(H,16,17). The maximum Gasteiger partial charge on any atom is 0.306 e. The van der Waals surface area contributed by atoms with Crippen molar-refractivity contribution in [2.24, 2.45) is 5.92 Å². The largest absolute Gasteiger partial charge is 0.481 e. The smallest absolute Gasteiger partial charge is 0.306 e. The average molecular weight is 250 g/mol. The fraction of sp³-hybridized carbons (Fsp3) is 0.692. The molecule has 1 atom stereocenters. The summed E-state index contributed by atoms with van der Waals surface area (Å²) in [6.45, 7) is 2.41. The number of nitrogens with zero attached hydrogens (tertiary/aromatic N) is 2. The molecule has 0 aliphatic carbocycles. The molecular formula is C13H18N2O3. The Hall–Kier alpha value is -1.36. The van der Waals surface area contributed by atoms with Crippen LogP contribution in [0.3, 0.4) is 0 Å². The number of carboxylic acid groups (broad SMARTS) is 1. The van der Waals surface area contributed by atoms with Crippen molar-refractivity contribution in [2.75, 3.05) is 13.2 Å². The molecule has 0 aromatic carbocycles. The van der Waals surface area contributed by atoms with Gasteiger partial charge in [-0.15, -0.1) is 0 Å². The number of carboxylic acids is 1. The van der Waals surface area contributed by atoms with E-state index in [1.54, 1.807) is 0 Å². The van der Waals surface area contributed by atoms with Gasteiger partial charge in [-0.25, -0.2) is 4.98 Å². The molecule has 3 rings (SSSR count). The normalized spacial score (nSPS) is 24.8. The summed E-state index contributed by atoms with van der Waals surface area (Å²) in [6, 6.07) is 0. The van der Waals surface area contributed by atoms with Crippen molar-refractivity contribution in [3.05, 3.63) is 17.7 Å². The number of hydrogen-bond donors (Lipinski definition) is 1. The van der Waals surface area contributed by atoms with E-state index in [1.165, 1.54) is 0 Å². The van der Waals surface area contributed by atoms with Gasteiger partial charge in [-0.05, 0) is 19.3 Å². The summed E-state index contributed by atoms with van der Waals surface area (Å²) in [5.74, 6) is 0.692. The minimum Gasteiger partial charge on any atom is -0.481 e. The van der Waals surface area contributed by atoms with Gasteiger partial charge in [0.2, 0.25) is 0 Å². The van der Waals surface area contributed by atoms with Crippen LogP contribution in [0.5, 0.6) is 0 Å². The third kappa shape index (κ3) is 2.03. The van der Waals surface area contributed by atoms with E-state index in [2.05, 4.69) is 9.55 Å². The predicted octanol–water partition coefficient (Wildman–Crippen LogP) is 1.42. The number of rotatable bonds is 2. The lowest BCUT2D eigenvalue weighted by atomic mass is 9.95. The molecule has 1 saturated heterocycles. The van der Waals surface area contributed by atoms with Crippen LogP contribution in [0.4, 0.5) is 0 Å². The Morgan fingerprint density at radius 2 is 2.17 bits per heavy atom. The lowest BCUT2D eigenvalue weighted by Crippen LogP contribution is -2.27. The highest BCUT2D eigenvalue weighted by Crippen LogP contribution is 2.30. The molecule has 18 heavy (non-hydrogen) atoms. The number of aliphatic carboxylic acids is 1. The third-order valence-electron chi connectivity index (χ3n) is 4.06. The fourth-order valence-corrected chi connectivity index (χ4v) is 2.98. The highest BCUT2D eigenvalue weighted by molar-refractivity contribution is 5.70. The topological polar surface area (TPSA) is 64.3 Å². The molecule has 1 N–H and O–H groups in total. The van der Waals surface area contributed by atoms with Crippen molar-refractivity contribution in [3.63, 3.8) is 0 Å². The molecule has 2 aliphatic rings. The number of fused-ring (bicyclic) bond motifs is 1. The summed E-state index contributed by atoms with van der Waals surface area (Å²) in [5, 5.41) is 9.07. The van der Waals surface area contributed by atoms with Crippen LogP contribution in [0, 0.1) is 5.92 Å².